The van der Waals surface area contributed by atoms with Gasteiger partial charge in [-0.15, -0.1) is 0 Å². The molecule has 0 amide bonds. The van der Waals surface area contributed by atoms with Crippen molar-refractivity contribution in [2.75, 3.05) is 16.4 Å². The SMILES string of the molecule is O=S1(=O)C[C@@H]2N=C(SCc3ccccc3Cl)N(c3cccc(Cl)c3)[C@@H]2C1. The van der Waals surface area contributed by atoms with Gasteiger partial charge in [0.25, 0.3) is 0 Å². The number of rotatable bonds is 3. The Bertz CT molecular complexity index is 979. The van der Waals surface area contributed by atoms with E-state index in [1.54, 1.807) is 17.8 Å². The standard InChI is InChI=1S/C18H16Cl2N2O2S2/c19-13-5-3-6-14(8-13)22-17-11-26(23,24)10-16(17)21-18(22)25-9-12-4-1-2-7-15(12)20/h1-8,16-17H,9-11H2/t16-,17+/m0/s1. The average Bonchev–Trinajstić information content (AvgIpc) is 3.05. The maximum atomic E-state index is 12.1. The van der Waals surface area contributed by atoms with Crippen LogP contribution in [0.4, 0.5) is 5.69 Å². The van der Waals surface area contributed by atoms with Crippen molar-refractivity contribution in [1.29, 1.82) is 0 Å². The highest BCUT2D eigenvalue weighted by molar-refractivity contribution is 8.13. The minimum Gasteiger partial charge on any atom is -0.315 e. The number of anilines is 1. The van der Waals surface area contributed by atoms with Crippen LogP contribution in [-0.4, -0.2) is 37.2 Å². The lowest BCUT2D eigenvalue weighted by Gasteiger charge is -2.26. The van der Waals surface area contributed by atoms with Gasteiger partial charge in [0.1, 0.15) is 0 Å². The van der Waals surface area contributed by atoms with Gasteiger partial charge in [-0.05, 0) is 29.8 Å². The number of aliphatic imine (C=N–C) groups is 1. The van der Waals surface area contributed by atoms with Gasteiger partial charge in [-0.3, -0.25) is 4.99 Å². The third-order valence-corrected chi connectivity index (χ3v) is 7.83. The lowest BCUT2D eigenvalue weighted by atomic mass is 10.1. The largest absolute Gasteiger partial charge is 0.315 e. The lowest BCUT2D eigenvalue weighted by molar-refractivity contribution is 0.601. The van der Waals surface area contributed by atoms with Gasteiger partial charge in [0.05, 0.1) is 23.6 Å². The Hall–Kier alpha value is -1.21. The second-order valence-corrected chi connectivity index (χ2v) is 10.3. The Balaban J connectivity index is 1.64. The van der Waals surface area contributed by atoms with E-state index in [9.17, 15) is 8.42 Å². The first-order chi connectivity index (χ1) is 12.4. The van der Waals surface area contributed by atoms with Crippen LogP contribution in [0.25, 0.3) is 0 Å². The van der Waals surface area contributed by atoms with Gasteiger partial charge >= 0.3 is 0 Å². The Labute approximate surface area is 167 Å². The van der Waals surface area contributed by atoms with Gasteiger partial charge in [0.2, 0.25) is 0 Å². The van der Waals surface area contributed by atoms with Gasteiger partial charge in [-0.25, -0.2) is 8.42 Å². The molecule has 0 spiro atoms. The number of fused-ring (bicyclic) bond motifs is 1. The summed E-state index contributed by atoms with van der Waals surface area (Å²) in [6.07, 6.45) is 0. The predicted molar refractivity (Wildman–Crippen MR) is 110 cm³/mol. The fraction of sp³-hybridized carbons (Fsp3) is 0.278. The number of thioether (sulfide) groups is 1. The zero-order valence-corrected chi connectivity index (χ0v) is 16.8. The van der Waals surface area contributed by atoms with Crippen molar-refractivity contribution in [1.82, 2.24) is 0 Å². The van der Waals surface area contributed by atoms with E-state index in [1.165, 1.54) is 0 Å². The molecule has 2 aromatic carbocycles. The molecule has 26 heavy (non-hydrogen) atoms. The molecule has 4 nitrogen and oxygen atoms in total. The molecule has 136 valence electrons. The van der Waals surface area contributed by atoms with E-state index < -0.39 is 9.84 Å². The second-order valence-electron chi connectivity index (χ2n) is 6.35. The number of hydrogen-bond donors (Lipinski definition) is 0. The van der Waals surface area contributed by atoms with E-state index in [4.69, 9.17) is 28.2 Å². The Morgan fingerprint density at radius 3 is 2.69 bits per heavy atom. The summed E-state index contributed by atoms with van der Waals surface area (Å²) in [6, 6.07) is 14.8. The summed E-state index contributed by atoms with van der Waals surface area (Å²) in [6.45, 7) is 0. The summed E-state index contributed by atoms with van der Waals surface area (Å²) in [5, 5.41) is 2.15. The lowest BCUT2D eigenvalue weighted by Crippen LogP contribution is -2.39. The molecule has 1 fully saturated rings. The first kappa shape index (κ1) is 18.2. The van der Waals surface area contributed by atoms with E-state index in [0.717, 1.165) is 21.4 Å². The summed E-state index contributed by atoms with van der Waals surface area (Å²) in [4.78, 5) is 6.73. The maximum absolute atomic E-state index is 12.1. The van der Waals surface area contributed by atoms with Crippen molar-refractivity contribution in [2.45, 2.75) is 17.8 Å². The zero-order valence-electron chi connectivity index (χ0n) is 13.7. The summed E-state index contributed by atoms with van der Waals surface area (Å²) >= 11 is 14.0. The number of benzene rings is 2. The van der Waals surface area contributed by atoms with Crippen molar-refractivity contribution >= 4 is 55.7 Å². The van der Waals surface area contributed by atoms with Gasteiger partial charge in [0.15, 0.2) is 15.0 Å². The Morgan fingerprint density at radius 1 is 1.12 bits per heavy atom. The topological polar surface area (TPSA) is 49.7 Å². The molecule has 2 aliphatic heterocycles. The van der Waals surface area contributed by atoms with Crippen LogP contribution in [-0.2, 0) is 15.6 Å². The van der Waals surface area contributed by atoms with E-state index in [-0.39, 0.29) is 23.6 Å². The Kier molecular flexibility index (Phi) is 4.94. The van der Waals surface area contributed by atoms with Crippen molar-refractivity contribution in [2.24, 2.45) is 4.99 Å². The van der Waals surface area contributed by atoms with Crippen LogP contribution in [0.1, 0.15) is 5.56 Å². The fourth-order valence-corrected chi connectivity index (χ4v) is 6.76. The molecule has 0 unspecified atom stereocenters. The van der Waals surface area contributed by atoms with Crippen LogP contribution < -0.4 is 4.90 Å². The number of hydrogen-bond acceptors (Lipinski definition) is 5. The molecular formula is C18H16Cl2N2O2S2. The van der Waals surface area contributed by atoms with Crippen LogP contribution in [0, 0.1) is 0 Å². The van der Waals surface area contributed by atoms with Crippen LogP contribution in [0.2, 0.25) is 10.0 Å². The summed E-state index contributed by atoms with van der Waals surface area (Å²) in [5.74, 6) is 0.885. The molecule has 0 radical (unpaired) electrons. The van der Waals surface area contributed by atoms with Crippen molar-refractivity contribution < 1.29 is 8.42 Å². The van der Waals surface area contributed by atoms with Gasteiger partial charge in [-0.2, -0.15) is 0 Å². The third kappa shape index (κ3) is 3.60. The minimum atomic E-state index is -3.07. The molecule has 2 heterocycles. The molecule has 0 N–H and O–H groups in total. The van der Waals surface area contributed by atoms with Crippen LogP contribution in [0.15, 0.2) is 53.5 Å². The van der Waals surface area contributed by atoms with Crippen LogP contribution in [0.3, 0.4) is 0 Å². The normalized spacial score (nSPS) is 23.8. The summed E-state index contributed by atoms with van der Waals surface area (Å²) in [7, 11) is -3.07. The second kappa shape index (κ2) is 7.08. The smallest absolute Gasteiger partial charge is 0.164 e. The van der Waals surface area contributed by atoms with Crippen LogP contribution >= 0.6 is 35.0 Å². The molecule has 4 rings (SSSR count). The number of amidine groups is 1. The number of nitrogens with zero attached hydrogens (tertiary/aromatic N) is 2. The van der Waals surface area contributed by atoms with Crippen molar-refractivity contribution in [3.63, 3.8) is 0 Å². The number of sulfone groups is 1. The molecule has 0 bridgehead atoms. The molecule has 0 aliphatic carbocycles. The molecule has 2 aliphatic rings. The van der Waals surface area contributed by atoms with E-state index in [1.807, 2.05) is 47.4 Å². The van der Waals surface area contributed by atoms with E-state index in [2.05, 4.69) is 0 Å². The molecule has 2 aromatic rings. The first-order valence-electron chi connectivity index (χ1n) is 8.12. The van der Waals surface area contributed by atoms with E-state index >= 15 is 0 Å². The predicted octanol–water partition coefficient (Wildman–Crippen LogP) is 4.27. The molecule has 1 saturated heterocycles. The fourth-order valence-electron chi connectivity index (χ4n) is 3.32. The first-order valence-corrected chi connectivity index (χ1v) is 11.7. The average molecular weight is 427 g/mol. The Morgan fingerprint density at radius 2 is 1.92 bits per heavy atom. The van der Waals surface area contributed by atoms with Gasteiger partial charge in [0, 0.05) is 21.5 Å². The molecular weight excluding hydrogens is 411 g/mol. The molecule has 0 saturated carbocycles. The summed E-state index contributed by atoms with van der Waals surface area (Å²) in [5.41, 5.74) is 1.89. The van der Waals surface area contributed by atoms with Gasteiger partial charge < -0.3 is 4.90 Å². The molecule has 8 heteroatoms. The minimum absolute atomic E-state index is 0.102. The maximum Gasteiger partial charge on any atom is 0.164 e. The zero-order chi connectivity index (χ0) is 18.3. The number of halogens is 2. The van der Waals surface area contributed by atoms with E-state index in [0.29, 0.717) is 10.8 Å². The molecule has 2 atom stereocenters. The summed E-state index contributed by atoms with van der Waals surface area (Å²) < 4.78 is 24.1. The van der Waals surface area contributed by atoms with Crippen molar-refractivity contribution in [3.05, 3.63) is 64.1 Å². The third-order valence-electron chi connectivity index (χ3n) is 4.51. The monoisotopic (exact) mass is 426 g/mol. The van der Waals surface area contributed by atoms with Crippen molar-refractivity contribution in [3.8, 4) is 0 Å². The highest BCUT2D eigenvalue weighted by atomic mass is 35.5. The quantitative estimate of drug-likeness (QED) is 0.734. The highest BCUT2D eigenvalue weighted by Crippen LogP contribution is 2.37. The van der Waals surface area contributed by atoms with Crippen LogP contribution in [0.5, 0.6) is 0 Å². The highest BCUT2D eigenvalue weighted by Gasteiger charge is 2.47. The molecule has 0 aromatic heterocycles. The van der Waals surface area contributed by atoms with Gasteiger partial charge in [-0.1, -0.05) is 59.2 Å².